The van der Waals surface area contributed by atoms with E-state index in [0.29, 0.717) is 5.69 Å². The minimum absolute atomic E-state index is 0.701. The molecule has 0 atom stereocenters. The van der Waals surface area contributed by atoms with E-state index in [9.17, 15) is 0 Å². The van der Waals surface area contributed by atoms with Crippen molar-refractivity contribution in [3.63, 3.8) is 0 Å². The van der Waals surface area contributed by atoms with Crippen molar-refractivity contribution in [1.82, 2.24) is 0 Å². The number of hydrogen-bond donors (Lipinski definition) is 2. The Morgan fingerprint density at radius 1 is 0.875 bits per heavy atom. The number of nitrogen functional groups attached to an aromatic ring is 2. The number of hydrogen-bond acceptors (Lipinski definition) is 2. The maximum Gasteiger partial charge on any atom is 0.0414 e. The quantitative estimate of drug-likeness (QED) is 0.713. The second-order valence-corrected chi connectivity index (χ2v) is 4.11. The minimum Gasteiger partial charge on any atom is -0.399 e. The molecule has 0 aliphatic rings. The summed E-state index contributed by atoms with van der Waals surface area (Å²) in [5.74, 6) is 0. The molecule has 2 rings (SSSR count). The number of aryl methyl sites for hydroxylation is 2. The molecule has 16 heavy (non-hydrogen) atoms. The lowest BCUT2D eigenvalue weighted by Gasteiger charge is -2.12. The van der Waals surface area contributed by atoms with Crippen LogP contribution in [0.3, 0.4) is 0 Å². The van der Waals surface area contributed by atoms with Gasteiger partial charge in [-0.05, 0) is 42.7 Å². The first-order valence-corrected chi connectivity index (χ1v) is 5.31. The van der Waals surface area contributed by atoms with Crippen LogP contribution in [0.15, 0.2) is 36.4 Å². The third-order valence-electron chi connectivity index (χ3n) is 2.83. The van der Waals surface area contributed by atoms with Crippen molar-refractivity contribution in [2.45, 2.75) is 13.8 Å². The summed E-state index contributed by atoms with van der Waals surface area (Å²) in [6, 6.07) is 11.9. The molecule has 2 heteroatoms. The molecule has 0 bridgehead atoms. The summed E-state index contributed by atoms with van der Waals surface area (Å²) >= 11 is 0. The summed E-state index contributed by atoms with van der Waals surface area (Å²) in [7, 11) is 0. The Hall–Kier alpha value is -1.96. The fourth-order valence-corrected chi connectivity index (χ4v) is 2.05. The van der Waals surface area contributed by atoms with Gasteiger partial charge in [0.05, 0.1) is 0 Å². The third kappa shape index (κ3) is 1.74. The van der Waals surface area contributed by atoms with Crippen LogP contribution in [0.5, 0.6) is 0 Å². The summed E-state index contributed by atoms with van der Waals surface area (Å²) in [5.41, 5.74) is 17.9. The largest absolute Gasteiger partial charge is 0.399 e. The first-order valence-electron chi connectivity index (χ1n) is 5.31. The molecule has 4 N–H and O–H groups in total. The predicted molar refractivity (Wildman–Crippen MR) is 70.2 cm³/mol. The van der Waals surface area contributed by atoms with Gasteiger partial charge in [-0.2, -0.15) is 0 Å². The smallest absolute Gasteiger partial charge is 0.0414 e. The van der Waals surface area contributed by atoms with Crippen LogP contribution in [0.1, 0.15) is 11.1 Å². The first kappa shape index (κ1) is 10.6. The van der Waals surface area contributed by atoms with E-state index in [1.54, 1.807) is 6.07 Å². The average Bonchev–Trinajstić information content (AvgIpc) is 2.20. The standard InChI is InChI=1S/C14H16N2/c1-9-4-3-5-10(2)14(9)12-7-6-11(15)8-13(12)16/h3-8H,15-16H2,1-2H3. The molecule has 82 valence electrons. The van der Waals surface area contributed by atoms with E-state index in [0.717, 1.165) is 11.3 Å². The second-order valence-electron chi connectivity index (χ2n) is 4.11. The minimum atomic E-state index is 0.701. The number of rotatable bonds is 1. The van der Waals surface area contributed by atoms with Gasteiger partial charge in [0.15, 0.2) is 0 Å². The van der Waals surface area contributed by atoms with Gasteiger partial charge in [0.25, 0.3) is 0 Å². The van der Waals surface area contributed by atoms with Crippen molar-refractivity contribution in [3.05, 3.63) is 47.5 Å². The van der Waals surface area contributed by atoms with E-state index < -0.39 is 0 Å². The van der Waals surface area contributed by atoms with E-state index in [1.807, 2.05) is 12.1 Å². The molecular formula is C14H16N2. The molecule has 0 heterocycles. The van der Waals surface area contributed by atoms with Crippen molar-refractivity contribution in [2.75, 3.05) is 11.5 Å². The zero-order chi connectivity index (χ0) is 11.7. The number of anilines is 2. The van der Waals surface area contributed by atoms with Gasteiger partial charge in [0.1, 0.15) is 0 Å². The first-order chi connectivity index (χ1) is 7.59. The highest BCUT2D eigenvalue weighted by Crippen LogP contribution is 2.32. The molecule has 0 saturated carbocycles. The van der Waals surface area contributed by atoms with Gasteiger partial charge in [0.2, 0.25) is 0 Å². The van der Waals surface area contributed by atoms with E-state index in [2.05, 4.69) is 32.0 Å². The van der Waals surface area contributed by atoms with Gasteiger partial charge in [-0.25, -0.2) is 0 Å². The molecule has 0 spiro atoms. The maximum atomic E-state index is 6.01. The van der Waals surface area contributed by atoms with Crippen molar-refractivity contribution >= 4 is 11.4 Å². The van der Waals surface area contributed by atoms with Crippen LogP contribution in [0, 0.1) is 13.8 Å². The summed E-state index contributed by atoms with van der Waals surface area (Å²) in [6.07, 6.45) is 0. The van der Waals surface area contributed by atoms with Crippen molar-refractivity contribution in [2.24, 2.45) is 0 Å². The van der Waals surface area contributed by atoms with Crippen LogP contribution in [-0.4, -0.2) is 0 Å². The lowest BCUT2D eigenvalue weighted by atomic mass is 9.94. The molecule has 0 radical (unpaired) electrons. The molecule has 0 saturated heterocycles. The topological polar surface area (TPSA) is 52.0 Å². The molecule has 0 unspecified atom stereocenters. The highest BCUT2D eigenvalue weighted by atomic mass is 14.6. The van der Waals surface area contributed by atoms with Crippen molar-refractivity contribution in [1.29, 1.82) is 0 Å². The van der Waals surface area contributed by atoms with Gasteiger partial charge >= 0.3 is 0 Å². The summed E-state index contributed by atoms with van der Waals surface area (Å²) in [5, 5.41) is 0. The highest BCUT2D eigenvalue weighted by molar-refractivity contribution is 5.82. The average molecular weight is 212 g/mol. The van der Waals surface area contributed by atoms with Gasteiger partial charge in [-0.1, -0.05) is 24.3 Å². The lowest BCUT2D eigenvalue weighted by molar-refractivity contribution is 1.38. The summed E-state index contributed by atoms with van der Waals surface area (Å²) in [6.45, 7) is 4.19. The SMILES string of the molecule is Cc1cccc(C)c1-c1ccc(N)cc1N. The molecule has 0 aromatic heterocycles. The van der Waals surface area contributed by atoms with Gasteiger partial charge in [-0.3, -0.25) is 0 Å². The zero-order valence-corrected chi connectivity index (χ0v) is 9.62. The molecule has 0 aliphatic heterocycles. The third-order valence-corrected chi connectivity index (χ3v) is 2.83. The second kappa shape index (κ2) is 3.89. The summed E-state index contributed by atoms with van der Waals surface area (Å²) < 4.78 is 0. The van der Waals surface area contributed by atoms with Crippen LogP contribution in [0.4, 0.5) is 11.4 Å². The molecule has 0 aliphatic carbocycles. The van der Waals surface area contributed by atoms with E-state index in [-0.39, 0.29) is 0 Å². The van der Waals surface area contributed by atoms with Gasteiger partial charge in [-0.15, -0.1) is 0 Å². The Balaban J connectivity index is 2.68. The molecular weight excluding hydrogens is 196 g/mol. The summed E-state index contributed by atoms with van der Waals surface area (Å²) in [4.78, 5) is 0. The zero-order valence-electron chi connectivity index (χ0n) is 9.62. The Kier molecular flexibility index (Phi) is 2.57. The van der Waals surface area contributed by atoms with Crippen LogP contribution in [0.25, 0.3) is 11.1 Å². The highest BCUT2D eigenvalue weighted by Gasteiger charge is 2.08. The van der Waals surface area contributed by atoms with Gasteiger partial charge in [0, 0.05) is 16.9 Å². The molecule has 2 aromatic rings. The van der Waals surface area contributed by atoms with Crippen LogP contribution < -0.4 is 11.5 Å². The van der Waals surface area contributed by atoms with Crippen molar-refractivity contribution in [3.8, 4) is 11.1 Å². The molecule has 2 aromatic carbocycles. The Labute approximate surface area is 95.9 Å². The van der Waals surface area contributed by atoms with Crippen molar-refractivity contribution < 1.29 is 0 Å². The Morgan fingerprint density at radius 2 is 1.50 bits per heavy atom. The van der Waals surface area contributed by atoms with E-state index >= 15 is 0 Å². The Bertz CT molecular complexity index is 510. The maximum absolute atomic E-state index is 6.01. The molecule has 0 fully saturated rings. The fourth-order valence-electron chi connectivity index (χ4n) is 2.05. The van der Waals surface area contributed by atoms with E-state index in [1.165, 1.54) is 16.7 Å². The predicted octanol–water partition coefficient (Wildman–Crippen LogP) is 3.13. The lowest BCUT2D eigenvalue weighted by Crippen LogP contribution is -1.96. The van der Waals surface area contributed by atoms with E-state index in [4.69, 9.17) is 11.5 Å². The number of benzene rings is 2. The Morgan fingerprint density at radius 3 is 2.06 bits per heavy atom. The molecule has 0 amide bonds. The van der Waals surface area contributed by atoms with Crippen LogP contribution in [0.2, 0.25) is 0 Å². The van der Waals surface area contributed by atoms with Gasteiger partial charge < -0.3 is 11.5 Å². The fraction of sp³-hybridized carbons (Fsp3) is 0.143. The number of nitrogens with two attached hydrogens (primary N) is 2. The van der Waals surface area contributed by atoms with Crippen LogP contribution >= 0.6 is 0 Å². The normalized spacial score (nSPS) is 10.4. The molecule has 2 nitrogen and oxygen atoms in total. The van der Waals surface area contributed by atoms with Crippen LogP contribution in [-0.2, 0) is 0 Å². The monoisotopic (exact) mass is 212 g/mol.